The fourth-order valence-corrected chi connectivity index (χ4v) is 0.860. The van der Waals surface area contributed by atoms with Gasteiger partial charge in [0, 0.05) is 26.8 Å². The number of amides is 2. The lowest BCUT2D eigenvalue weighted by Gasteiger charge is -2.06. The summed E-state index contributed by atoms with van der Waals surface area (Å²) in [5, 5.41) is 5.52. The van der Waals surface area contributed by atoms with Gasteiger partial charge in [-0.15, -0.1) is 0 Å². The lowest BCUT2D eigenvalue weighted by atomic mass is 10.3. The van der Waals surface area contributed by atoms with E-state index in [1.807, 2.05) is 0 Å². The number of rotatable bonds is 7. The molecule has 0 fully saturated rings. The molecule has 0 unspecified atom stereocenters. The maximum Gasteiger partial charge on any atom is 0.314 e. The summed E-state index contributed by atoms with van der Waals surface area (Å²) < 4.78 is 4.85. The molecule has 0 rings (SSSR count). The summed E-state index contributed by atoms with van der Waals surface area (Å²) in [6, 6.07) is -0.0791. The van der Waals surface area contributed by atoms with Crippen LogP contribution >= 0.6 is 0 Å². The van der Waals surface area contributed by atoms with E-state index in [1.54, 1.807) is 7.11 Å². The predicted molar refractivity (Wildman–Crippen MR) is 52.8 cm³/mol. The van der Waals surface area contributed by atoms with Crippen molar-refractivity contribution in [2.45, 2.75) is 26.2 Å². The van der Waals surface area contributed by atoms with Crippen molar-refractivity contribution in [3.63, 3.8) is 0 Å². The van der Waals surface area contributed by atoms with Crippen LogP contribution in [0.25, 0.3) is 0 Å². The molecule has 0 aromatic rings. The molecule has 4 nitrogen and oxygen atoms in total. The van der Waals surface area contributed by atoms with E-state index >= 15 is 0 Å². The maximum absolute atomic E-state index is 11.0. The molecule has 2 N–H and O–H groups in total. The van der Waals surface area contributed by atoms with Crippen LogP contribution in [0, 0.1) is 0 Å². The average molecular weight is 188 g/mol. The number of urea groups is 1. The first kappa shape index (κ1) is 12.2. The summed E-state index contributed by atoms with van der Waals surface area (Å²) in [6.45, 7) is 4.21. The van der Waals surface area contributed by atoms with Crippen molar-refractivity contribution in [1.82, 2.24) is 10.6 Å². The number of hydrogen-bond acceptors (Lipinski definition) is 2. The fraction of sp³-hybridized carbons (Fsp3) is 0.889. The minimum absolute atomic E-state index is 0.0791. The summed E-state index contributed by atoms with van der Waals surface area (Å²) in [7, 11) is 1.65. The molecule has 4 heteroatoms. The Morgan fingerprint density at radius 1 is 1.23 bits per heavy atom. The zero-order chi connectivity index (χ0) is 9.94. The van der Waals surface area contributed by atoms with Crippen LogP contribution in [0.5, 0.6) is 0 Å². The van der Waals surface area contributed by atoms with Crippen molar-refractivity contribution in [3.8, 4) is 0 Å². The van der Waals surface area contributed by atoms with Crippen LogP contribution in [-0.4, -0.2) is 32.8 Å². The quantitative estimate of drug-likeness (QED) is 0.588. The molecule has 0 saturated carbocycles. The summed E-state index contributed by atoms with van der Waals surface area (Å²) in [5.41, 5.74) is 0. The average Bonchev–Trinajstić information content (AvgIpc) is 2.13. The van der Waals surface area contributed by atoms with Crippen molar-refractivity contribution in [2.75, 3.05) is 26.8 Å². The summed E-state index contributed by atoms with van der Waals surface area (Å²) in [6.07, 6.45) is 2.99. The van der Waals surface area contributed by atoms with Gasteiger partial charge in [-0.1, -0.05) is 13.3 Å². The van der Waals surface area contributed by atoms with E-state index in [-0.39, 0.29) is 6.03 Å². The molecular weight excluding hydrogens is 168 g/mol. The van der Waals surface area contributed by atoms with E-state index in [9.17, 15) is 4.79 Å². The van der Waals surface area contributed by atoms with Gasteiger partial charge in [0.25, 0.3) is 0 Å². The standard InChI is InChI=1S/C9H20N2O2/c1-3-4-6-10-9(12)11-7-5-8-13-2/h3-8H2,1-2H3,(H2,10,11,12). The van der Waals surface area contributed by atoms with Crippen LogP contribution in [0.3, 0.4) is 0 Å². The van der Waals surface area contributed by atoms with E-state index in [2.05, 4.69) is 17.6 Å². The molecule has 0 spiro atoms. The van der Waals surface area contributed by atoms with Gasteiger partial charge in [0.2, 0.25) is 0 Å². The highest BCUT2D eigenvalue weighted by Gasteiger charge is 1.96. The van der Waals surface area contributed by atoms with Gasteiger partial charge in [-0.2, -0.15) is 0 Å². The predicted octanol–water partition coefficient (Wildman–Crippen LogP) is 1.12. The molecule has 0 saturated heterocycles. The third-order valence-electron chi connectivity index (χ3n) is 1.63. The highest BCUT2D eigenvalue weighted by molar-refractivity contribution is 5.73. The second-order valence-electron chi connectivity index (χ2n) is 2.88. The number of carbonyl (C=O) groups excluding carboxylic acids is 1. The van der Waals surface area contributed by atoms with Crippen LogP contribution in [-0.2, 0) is 4.74 Å². The van der Waals surface area contributed by atoms with Crippen molar-refractivity contribution in [1.29, 1.82) is 0 Å². The molecule has 0 aliphatic heterocycles. The van der Waals surface area contributed by atoms with Crippen LogP contribution in [0.15, 0.2) is 0 Å². The van der Waals surface area contributed by atoms with E-state index in [1.165, 1.54) is 0 Å². The van der Waals surface area contributed by atoms with Crippen molar-refractivity contribution < 1.29 is 9.53 Å². The highest BCUT2D eigenvalue weighted by atomic mass is 16.5. The lowest BCUT2D eigenvalue weighted by molar-refractivity contribution is 0.193. The number of carbonyl (C=O) groups is 1. The van der Waals surface area contributed by atoms with Crippen LogP contribution in [0.1, 0.15) is 26.2 Å². The van der Waals surface area contributed by atoms with Gasteiger partial charge in [0.15, 0.2) is 0 Å². The monoisotopic (exact) mass is 188 g/mol. The van der Waals surface area contributed by atoms with Gasteiger partial charge in [-0.3, -0.25) is 0 Å². The first-order valence-corrected chi connectivity index (χ1v) is 4.82. The molecule has 0 aromatic heterocycles. The Morgan fingerprint density at radius 3 is 2.38 bits per heavy atom. The third-order valence-corrected chi connectivity index (χ3v) is 1.63. The fourth-order valence-electron chi connectivity index (χ4n) is 0.860. The SMILES string of the molecule is CCCCNC(=O)NCCCOC. The van der Waals surface area contributed by atoms with Crippen molar-refractivity contribution in [2.24, 2.45) is 0 Å². The maximum atomic E-state index is 11.0. The smallest absolute Gasteiger partial charge is 0.314 e. The first-order valence-electron chi connectivity index (χ1n) is 4.82. The number of unbranched alkanes of at least 4 members (excludes halogenated alkanes) is 1. The summed E-state index contributed by atoms with van der Waals surface area (Å²) in [4.78, 5) is 11.0. The largest absolute Gasteiger partial charge is 0.385 e. The minimum atomic E-state index is -0.0791. The minimum Gasteiger partial charge on any atom is -0.385 e. The van der Waals surface area contributed by atoms with Crippen molar-refractivity contribution in [3.05, 3.63) is 0 Å². The molecule has 13 heavy (non-hydrogen) atoms. The zero-order valence-electron chi connectivity index (χ0n) is 8.56. The number of ether oxygens (including phenoxy) is 1. The van der Waals surface area contributed by atoms with Crippen LogP contribution in [0.2, 0.25) is 0 Å². The Balaban J connectivity index is 3.11. The molecule has 2 amide bonds. The summed E-state index contributed by atoms with van der Waals surface area (Å²) in [5.74, 6) is 0. The van der Waals surface area contributed by atoms with E-state index < -0.39 is 0 Å². The summed E-state index contributed by atoms with van der Waals surface area (Å²) >= 11 is 0. The van der Waals surface area contributed by atoms with Gasteiger partial charge < -0.3 is 15.4 Å². The number of hydrogen-bond donors (Lipinski definition) is 2. The van der Waals surface area contributed by atoms with Gasteiger partial charge in [0.05, 0.1) is 0 Å². The number of nitrogens with one attached hydrogen (secondary N) is 2. The molecule has 0 aliphatic carbocycles. The Bertz CT molecular complexity index is 129. The molecule has 0 aliphatic rings. The Morgan fingerprint density at radius 2 is 1.85 bits per heavy atom. The molecule has 0 heterocycles. The van der Waals surface area contributed by atoms with E-state index in [4.69, 9.17) is 4.74 Å². The molecular formula is C9H20N2O2. The van der Waals surface area contributed by atoms with E-state index in [0.717, 1.165) is 25.8 Å². The van der Waals surface area contributed by atoms with Gasteiger partial charge in [0.1, 0.15) is 0 Å². The first-order chi connectivity index (χ1) is 6.31. The highest BCUT2D eigenvalue weighted by Crippen LogP contribution is 1.82. The normalized spacial score (nSPS) is 9.69. The lowest BCUT2D eigenvalue weighted by Crippen LogP contribution is -2.36. The zero-order valence-corrected chi connectivity index (χ0v) is 8.56. The Hall–Kier alpha value is -0.770. The number of methoxy groups -OCH3 is 1. The van der Waals surface area contributed by atoms with Crippen LogP contribution < -0.4 is 10.6 Å². The Labute approximate surface area is 80.0 Å². The van der Waals surface area contributed by atoms with Gasteiger partial charge in [-0.25, -0.2) is 4.79 Å². The Kier molecular flexibility index (Phi) is 8.77. The third kappa shape index (κ3) is 9.14. The second-order valence-corrected chi connectivity index (χ2v) is 2.88. The molecule has 0 aromatic carbocycles. The molecule has 0 atom stereocenters. The van der Waals surface area contributed by atoms with Crippen molar-refractivity contribution >= 4 is 6.03 Å². The topological polar surface area (TPSA) is 50.4 Å². The second kappa shape index (κ2) is 9.32. The van der Waals surface area contributed by atoms with Gasteiger partial charge >= 0.3 is 6.03 Å². The molecule has 0 radical (unpaired) electrons. The van der Waals surface area contributed by atoms with Crippen LogP contribution in [0.4, 0.5) is 4.79 Å². The van der Waals surface area contributed by atoms with E-state index in [0.29, 0.717) is 13.2 Å². The van der Waals surface area contributed by atoms with Gasteiger partial charge in [-0.05, 0) is 12.8 Å². The molecule has 0 bridgehead atoms. The molecule has 78 valence electrons.